The summed E-state index contributed by atoms with van der Waals surface area (Å²) in [6.07, 6.45) is 2.31. The third kappa shape index (κ3) is 1.14. The number of aliphatic hydroxyl groups excluding tert-OH is 1. The van der Waals surface area contributed by atoms with Gasteiger partial charge in [0.2, 0.25) is 0 Å². The topological polar surface area (TPSA) is 29.5 Å². The first-order valence-corrected chi connectivity index (χ1v) is 2.66. The highest BCUT2D eigenvalue weighted by Gasteiger charge is 2.12. The van der Waals surface area contributed by atoms with Crippen molar-refractivity contribution in [2.45, 2.75) is 18.9 Å². The van der Waals surface area contributed by atoms with Gasteiger partial charge in [-0.1, -0.05) is 0 Å². The van der Waals surface area contributed by atoms with Gasteiger partial charge in [0.25, 0.3) is 0 Å². The van der Waals surface area contributed by atoms with E-state index in [0.717, 1.165) is 19.4 Å². The SMILES string of the molecule is OCC1CCCO1.[HH]. The Bertz CT molecular complexity index is 52.4. The van der Waals surface area contributed by atoms with Crippen LogP contribution >= 0.6 is 0 Å². The smallest absolute Gasteiger partial charge is 0.0806 e. The zero-order chi connectivity index (χ0) is 5.11. The number of rotatable bonds is 1. The third-order valence-corrected chi connectivity index (χ3v) is 1.23. The Labute approximate surface area is 44.6 Å². The molecule has 1 fully saturated rings. The summed E-state index contributed by atoms with van der Waals surface area (Å²) >= 11 is 0. The zero-order valence-corrected chi connectivity index (χ0v) is 4.26. The van der Waals surface area contributed by atoms with Crippen molar-refractivity contribution in [1.29, 1.82) is 0 Å². The van der Waals surface area contributed by atoms with Crippen LogP contribution in [-0.2, 0) is 4.74 Å². The molecule has 1 atom stereocenters. The van der Waals surface area contributed by atoms with Crippen molar-refractivity contribution < 1.29 is 11.3 Å². The van der Waals surface area contributed by atoms with Gasteiger partial charge in [-0.2, -0.15) is 0 Å². The molecule has 1 heterocycles. The minimum Gasteiger partial charge on any atom is -0.394 e. The van der Waals surface area contributed by atoms with E-state index in [9.17, 15) is 0 Å². The fraction of sp³-hybridized carbons (Fsp3) is 1.00. The third-order valence-electron chi connectivity index (χ3n) is 1.23. The molecule has 2 nitrogen and oxygen atoms in total. The lowest BCUT2D eigenvalue weighted by Gasteiger charge is -2.00. The molecule has 1 unspecified atom stereocenters. The average molecular weight is 104 g/mol. The molecular formula is C5H12O2. The molecule has 0 aromatic heterocycles. The zero-order valence-electron chi connectivity index (χ0n) is 4.26. The molecule has 7 heavy (non-hydrogen) atoms. The fourth-order valence-corrected chi connectivity index (χ4v) is 0.788. The van der Waals surface area contributed by atoms with E-state index < -0.39 is 0 Å². The summed E-state index contributed by atoms with van der Waals surface area (Å²) in [5.41, 5.74) is 0. The van der Waals surface area contributed by atoms with Crippen molar-refractivity contribution in [3.63, 3.8) is 0 Å². The average Bonchev–Trinajstić information content (AvgIpc) is 2.14. The van der Waals surface area contributed by atoms with Gasteiger partial charge in [-0.15, -0.1) is 0 Å². The Kier molecular flexibility index (Phi) is 1.65. The molecule has 0 radical (unpaired) electrons. The van der Waals surface area contributed by atoms with E-state index in [0.29, 0.717) is 0 Å². The monoisotopic (exact) mass is 104 g/mol. The highest BCUT2D eigenvalue weighted by atomic mass is 16.5. The second-order valence-corrected chi connectivity index (χ2v) is 1.82. The number of ether oxygens (including phenoxy) is 1. The molecule has 0 amide bonds. The van der Waals surface area contributed by atoms with E-state index in [2.05, 4.69) is 0 Å². The van der Waals surface area contributed by atoms with Crippen LogP contribution in [0.1, 0.15) is 14.3 Å². The molecule has 0 aliphatic carbocycles. The predicted molar refractivity (Wildman–Crippen MR) is 28.2 cm³/mol. The lowest BCUT2D eigenvalue weighted by molar-refractivity contribution is 0.0591. The van der Waals surface area contributed by atoms with Crippen LogP contribution < -0.4 is 0 Å². The summed E-state index contributed by atoms with van der Waals surface area (Å²) in [5, 5.41) is 8.44. The maximum atomic E-state index is 8.44. The molecular weight excluding hydrogens is 92.1 g/mol. The van der Waals surface area contributed by atoms with Crippen LogP contribution in [0.25, 0.3) is 0 Å². The Morgan fingerprint density at radius 3 is 3.00 bits per heavy atom. The summed E-state index contributed by atoms with van der Waals surface area (Å²) in [5.74, 6) is 0. The van der Waals surface area contributed by atoms with Crippen LogP contribution in [0.4, 0.5) is 0 Å². The van der Waals surface area contributed by atoms with E-state index in [4.69, 9.17) is 9.84 Å². The Morgan fingerprint density at radius 2 is 2.71 bits per heavy atom. The maximum Gasteiger partial charge on any atom is 0.0806 e. The molecule has 1 N–H and O–H groups in total. The minimum absolute atomic E-state index is 0. The molecule has 1 aliphatic rings. The van der Waals surface area contributed by atoms with E-state index in [1.807, 2.05) is 0 Å². The second kappa shape index (κ2) is 2.28. The molecule has 1 aliphatic heterocycles. The lowest BCUT2D eigenvalue weighted by Crippen LogP contribution is -2.09. The highest BCUT2D eigenvalue weighted by molar-refractivity contribution is 4.61. The first-order valence-electron chi connectivity index (χ1n) is 2.66. The Hall–Kier alpha value is -0.0800. The van der Waals surface area contributed by atoms with E-state index in [-0.39, 0.29) is 14.1 Å². The predicted octanol–water partition coefficient (Wildman–Crippen LogP) is 0.404. The molecule has 0 saturated carbocycles. The minimum atomic E-state index is 0. The van der Waals surface area contributed by atoms with Crippen molar-refractivity contribution in [3.8, 4) is 0 Å². The standard InChI is InChI=1S/C5H10O2.H2/c6-4-5-2-1-3-7-5;/h5-6H,1-4H2;1H. The van der Waals surface area contributed by atoms with Crippen LogP contribution in [0.15, 0.2) is 0 Å². The summed E-state index contributed by atoms with van der Waals surface area (Å²) in [6.45, 7) is 1.03. The van der Waals surface area contributed by atoms with Crippen LogP contribution in [0.2, 0.25) is 0 Å². The van der Waals surface area contributed by atoms with Gasteiger partial charge in [0.1, 0.15) is 0 Å². The van der Waals surface area contributed by atoms with Crippen molar-refractivity contribution >= 4 is 0 Å². The number of aliphatic hydroxyl groups is 1. The quantitative estimate of drug-likeness (QED) is 0.522. The van der Waals surface area contributed by atoms with Crippen LogP contribution in [-0.4, -0.2) is 24.4 Å². The van der Waals surface area contributed by atoms with Gasteiger partial charge in [-0.3, -0.25) is 0 Å². The summed E-state index contributed by atoms with van der Waals surface area (Å²) in [7, 11) is 0. The van der Waals surface area contributed by atoms with Crippen LogP contribution in [0.3, 0.4) is 0 Å². The number of hydrogen-bond acceptors (Lipinski definition) is 2. The van der Waals surface area contributed by atoms with Gasteiger partial charge in [0, 0.05) is 8.03 Å². The first-order chi connectivity index (χ1) is 3.43. The largest absolute Gasteiger partial charge is 0.394 e. The molecule has 1 saturated heterocycles. The van der Waals surface area contributed by atoms with E-state index in [1.54, 1.807) is 0 Å². The van der Waals surface area contributed by atoms with Crippen molar-refractivity contribution in [3.05, 3.63) is 0 Å². The maximum absolute atomic E-state index is 8.44. The molecule has 2 heteroatoms. The van der Waals surface area contributed by atoms with Gasteiger partial charge in [0.05, 0.1) is 12.7 Å². The molecule has 0 aromatic rings. The molecule has 44 valence electrons. The van der Waals surface area contributed by atoms with Gasteiger partial charge in [0.15, 0.2) is 0 Å². The molecule has 0 bridgehead atoms. The van der Waals surface area contributed by atoms with Crippen molar-refractivity contribution in [2.24, 2.45) is 0 Å². The molecule has 0 aromatic carbocycles. The Morgan fingerprint density at radius 1 is 1.86 bits per heavy atom. The second-order valence-electron chi connectivity index (χ2n) is 1.82. The van der Waals surface area contributed by atoms with E-state index >= 15 is 0 Å². The number of hydrogen-bond donors (Lipinski definition) is 1. The van der Waals surface area contributed by atoms with Gasteiger partial charge in [-0.25, -0.2) is 0 Å². The fourth-order valence-electron chi connectivity index (χ4n) is 0.788. The van der Waals surface area contributed by atoms with Crippen LogP contribution in [0, 0.1) is 0 Å². The lowest BCUT2D eigenvalue weighted by atomic mass is 10.2. The first kappa shape index (κ1) is 5.06. The highest BCUT2D eigenvalue weighted by Crippen LogP contribution is 2.09. The Balaban J connectivity index is 0.000000490. The summed E-state index contributed by atoms with van der Waals surface area (Å²) in [4.78, 5) is 0. The van der Waals surface area contributed by atoms with Crippen molar-refractivity contribution in [2.75, 3.05) is 13.2 Å². The van der Waals surface area contributed by atoms with E-state index in [1.165, 1.54) is 0 Å². The van der Waals surface area contributed by atoms with Gasteiger partial charge < -0.3 is 9.84 Å². The molecule has 0 spiro atoms. The van der Waals surface area contributed by atoms with Crippen molar-refractivity contribution in [1.82, 2.24) is 0 Å². The summed E-state index contributed by atoms with van der Waals surface area (Å²) in [6, 6.07) is 0. The van der Waals surface area contributed by atoms with Gasteiger partial charge >= 0.3 is 0 Å². The molecule has 1 rings (SSSR count). The summed E-state index contributed by atoms with van der Waals surface area (Å²) < 4.78 is 5.05. The van der Waals surface area contributed by atoms with Gasteiger partial charge in [-0.05, 0) is 12.8 Å². The van der Waals surface area contributed by atoms with Crippen LogP contribution in [0.5, 0.6) is 0 Å². The normalized spacial score (nSPS) is 31.3.